The summed E-state index contributed by atoms with van der Waals surface area (Å²) in [6.45, 7) is 3.13. The second kappa shape index (κ2) is 6.65. The van der Waals surface area contributed by atoms with Crippen LogP contribution in [0.25, 0.3) is 0 Å². The number of aliphatic hydroxyl groups is 1. The molecule has 104 valence electrons. The van der Waals surface area contributed by atoms with Crippen LogP contribution in [-0.4, -0.2) is 35.6 Å². The van der Waals surface area contributed by atoms with Crippen LogP contribution in [0.15, 0.2) is 24.3 Å². The second-order valence-corrected chi connectivity index (χ2v) is 5.08. The second-order valence-electron chi connectivity index (χ2n) is 5.08. The fraction of sp³-hybridized carbons (Fsp3) is 0.500. The molecule has 5 nitrogen and oxygen atoms in total. The maximum atomic E-state index is 11.5. The highest BCUT2D eigenvalue weighted by molar-refractivity contribution is 5.93. The van der Waals surface area contributed by atoms with Crippen molar-refractivity contribution in [1.29, 1.82) is 0 Å². The molecule has 1 aliphatic heterocycles. The molecular weight excluding hydrogens is 242 g/mol. The van der Waals surface area contributed by atoms with Gasteiger partial charge in [-0.25, -0.2) is 5.84 Å². The zero-order valence-electron chi connectivity index (χ0n) is 11.0. The summed E-state index contributed by atoms with van der Waals surface area (Å²) >= 11 is 0. The first-order valence-corrected chi connectivity index (χ1v) is 6.66. The van der Waals surface area contributed by atoms with Gasteiger partial charge >= 0.3 is 0 Å². The van der Waals surface area contributed by atoms with E-state index in [4.69, 9.17) is 10.9 Å². The first kappa shape index (κ1) is 14.0. The number of hydrogen-bond acceptors (Lipinski definition) is 4. The predicted octanol–water partition coefficient (Wildman–Crippen LogP) is 0.494. The Kier molecular flexibility index (Phi) is 4.90. The third-order valence-corrected chi connectivity index (χ3v) is 3.69. The lowest BCUT2D eigenvalue weighted by atomic mass is 9.97. The molecule has 0 saturated carbocycles. The van der Waals surface area contributed by atoms with Gasteiger partial charge in [0.25, 0.3) is 5.91 Å². The average Bonchev–Trinajstić information content (AvgIpc) is 2.47. The maximum Gasteiger partial charge on any atom is 0.265 e. The summed E-state index contributed by atoms with van der Waals surface area (Å²) in [5.41, 5.74) is 3.85. The third kappa shape index (κ3) is 3.76. The highest BCUT2D eigenvalue weighted by Crippen LogP contribution is 2.18. The molecule has 1 aliphatic rings. The molecule has 1 saturated heterocycles. The number of carbonyl (C=O) groups excluding carboxylic acids is 1. The third-order valence-electron chi connectivity index (χ3n) is 3.69. The van der Waals surface area contributed by atoms with Crippen molar-refractivity contribution in [3.63, 3.8) is 0 Å². The molecule has 1 amide bonds. The summed E-state index contributed by atoms with van der Waals surface area (Å²) in [6, 6.07) is 7.52. The zero-order valence-corrected chi connectivity index (χ0v) is 11.0. The number of rotatable bonds is 4. The summed E-state index contributed by atoms with van der Waals surface area (Å²) in [5, 5.41) is 9.12. The number of hydrogen-bond donors (Lipinski definition) is 3. The topological polar surface area (TPSA) is 78.6 Å². The zero-order chi connectivity index (χ0) is 13.7. The fourth-order valence-corrected chi connectivity index (χ4v) is 2.48. The van der Waals surface area contributed by atoms with E-state index < -0.39 is 0 Å². The Morgan fingerprint density at radius 1 is 1.42 bits per heavy atom. The Morgan fingerprint density at radius 3 is 2.79 bits per heavy atom. The van der Waals surface area contributed by atoms with Gasteiger partial charge in [0.1, 0.15) is 0 Å². The molecular formula is C14H21N3O2. The molecule has 0 aliphatic carbocycles. The molecule has 0 atom stereocenters. The van der Waals surface area contributed by atoms with Gasteiger partial charge in [0.15, 0.2) is 0 Å². The Morgan fingerprint density at radius 2 is 2.16 bits per heavy atom. The van der Waals surface area contributed by atoms with Crippen LogP contribution in [0.5, 0.6) is 0 Å². The summed E-state index contributed by atoms with van der Waals surface area (Å²) in [4.78, 5) is 13.8. The number of aliphatic hydroxyl groups excluding tert-OH is 1. The van der Waals surface area contributed by atoms with Crippen molar-refractivity contribution in [2.45, 2.75) is 19.4 Å². The van der Waals surface area contributed by atoms with Crippen molar-refractivity contribution in [2.75, 3.05) is 19.7 Å². The number of likely N-dealkylation sites (tertiary alicyclic amines) is 1. The van der Waals surface area contributed by atoms with Crippen LogP contribution >= 0.6 is 0 Å². The Labute approximate surface area is 113 Å². The number of hydrazine groups is 1. The van der Waals surface area contributed by atoms with E-state index in [1.807, 2.05) is 18.2 Å². The molecule has 1 aromatic carbocycles. The number of nitrogen functional groups attached to an aromatic ring is 1. The quantitative estimate of drug-likeness (QED) is 0.420. The molecule has 1 aromatic rings. The van der Waals surface area contributed by atoms with Crippen LogP contribution in [0, 0.1) is 5.92 Å². The Balaban J connectivity index is 1.94. The average molecular weight is 263 g/mol. The van der Waals surface area contributed by atoms with E-state index in [0.717, 1.165) is 38.0 Å². The lowest BCUT2D eigenvalue weighted by molar-refractivity contribution is 0.0953. The van der Waals surface area contributed by atoms with Crippen molar-refractivity contribution >= 4 is 5.91 Å². The molecule has 0 radical (unpaired) electrons. The Bertz CT molecular complexity index is 428. The summed E-state index contributed by atoms with van der Waals surface area (Å²) < 4.78 is 0. The van der Waals surface area contributed by atoms with Gasteiger partial charge in [-0.1, -0.05) is 12.1 Å². The highest BCUT2D eigenvalue weighted by atomic mass is 16.3. The van der Waals surface area contributed by atoms with Crippen molar-refractivity contribution < 1.29 is 9.90 Å². The smallest absolute Gasteiger partial charge is 0.265 e. The van der Waals surface area contributed by atoms with Gasteiger partial charge in [-0.2, -0.15) is 0 Å². The summed E-state index contributed by atoms with van der Waals surface area (Å²) in [6.07, 6.45) is 2.08. The van der Waals surface area contributed by atoms with E-state index in [0.29, 0.717) is 18.1 Å². The minimum Gasteiger partial charge on any atom is -0.396 e. The number of amides is 1. The van der Waals surface area contributed by atoms with Crippen LogP contribution in [0.2, 0.25) is 0 Å². The molecule has 1 heterocycles. The molecule has 0 spiro atoms. The van der Waals surface area contributed by atoms with Gasteiger partial charge < -0.3 is 5.11 Å². The summed E-state index contributed by atoms with van der Waals surface area (Å²) in [5.74, 6) is 5.32. The van der Waals surface area contributed by atoms with Gasteiger partial charge in [-0.15, -0.1) is 0 Å². The number of piperidine rings is 1. The lowest BCUT2D eigenvalue weighted by Gasteiger charge is -2.31. The van der Waals surface area contributed by atoms with Gasteiger partial charge in [0, 0.05) is 18.7 Å². The van der Waals surface area contributed by atoms with E-state index in [-0.39, 0.29) is 5.91 Å². The van der Waals surface area contributed by atoms with E-state index in [2.05, 4.69) is 10.3 Å². The highest BCUT2D eigenvalue weighted by Gasteiger charge is 2.18. The van der Waals surface area contributed by atoms with Gasteiger partial charge in [-0.3, -0.25) is 15.1 Å². The number of nitrogens with one attached hydrogen (secondary N) is 1. The lowest BCUT2D eigenvalue weighted by Crippen LogP contribution is -2.34. The normalized spacial score (nSPS) is 17.4. The molecule has 1 fully saturated rings. The minimum atomic E-state index is -0.263. The minimum absolute atomic E-state index is 0.263. The van der Waals surface area contributed by atoms with Gasteiger partial charge in [-0.05, 0) is 49.5 Å². The number of carbonyl (C=O) groups is 1. The molecule has 0 bridgehead atoms. The molecule has 5 heteroatoms. The van der Waals surface area contributed by atoms with Gasteiger partial charge in [0.2, 0.25) is 0 Å². The van der Waals surface area contributed by atoms with E-state index >= 15 is 0 Å². The molecule has 0 aromatic heterocycles. The van der Waals surface area contributed by atoms with Crippen LogP contribution in [0.4, 0.5) is 0 Å². The van der Waals surface area contributed by atoms with E-state index in [9.17, 15) is 4.79 Å². The first-order valence-electron chi connectivity index (χ1n) is 6.66. The SMILES string of the molecule is NNC(=O)c1cccc(CN2CCC(CO)CC2)c1. The standard InChI is InChI=1S/C14H21N3O2/c15-16-14(19)13-3-1-2-12(8-13)9-17-6-4-11(10-18)5-7-17/h1-3,8,11,18H,4-7,9-10,15H2,(H,16,19). The van der Waals surface area contributed by atoms with Crippen molar-refractivity contribution in [1.82, 2.24) is 10.3 Å². The number of nitrogens with two attached hydrogens (primary N) is 1. The monoisotopic (exact) mass is 263 g/mol. The van der Waals surface area contributed by atoms with Crippen molar-refractivity contribution in [3.8, 4) is 0 Å². The first-order chi connectivity index (χ1) is 9.22. The van der Waals surface area contributed by atoms with Crippen LogP contribution in [0.3, 0.4) is 0 Å². The molecule has 4 N–H and O–H groups in total. The molecule has 0 unspecified atom stereocenters. The van der Waals surface area contributed by atoms with Crippen molar-refractivity contribution in [2.24, 2.45) is 11.8 Å². The largest absolute Gasteiger partial charge is 0.396 e. The van der Waals surface area contributed by atoms with Crippen molar-refractivity contribution in [3.05, 3.63) is 35.4 Å². The fourth-order valence-electron chi connectivity index (χ4n) is 2.48. The van der Waals surface area contributed by atoms with Crippen LogP contribution < -0.4 is 11.3 Å². The number of benzene rings is 1. The van der Waals surface area contributed by atoms with Crippen LogP contribution in [-0.2, 0) is 6.54 Å². The maximum absolute atomic E-state index is 11.5. The van der Waals surface area contributed by atoms with Gasteiger partial charge in [0.05, 0.1) is 0 Å². The summed E-state index contributed by atoms with van der Waals surface area (Å²) in [7, 11) is 0. The molecule has 19 heavy (non-hydrogen) atoms. The number of nitrogens with zero attached hydrogens (tertiary/aromatic N) is 1. The molecule has 2 rings (SSSR count). The Hall–Kier alpha value is -1.43. The van der Waals surface area contributed by atoms with E-state index in [1.54, 1.807) is 6.07 Å². The van der Waals surface area contributed by atoms with E-state index in [1.165, 1.54) is 0 Å². The predicted molar refractivity (Wildman–Crippen MR) is 73.2 cm³/mol. The van der Waals surface area contributed by atoms with Crippen LogP contribution in [0.1, 0.15) is 28.8 Å².